The van der Waals surface area contributed by atoms with Gasteiger partial charge < -0.3 is 0 Å². The molecule has 1 aromatic heterocycles. The first-order chi connectivity index (χ1) is 7.81. The zero-order valence-corrected chi connectivity index (χ0v) is 10.4. The van der Waals surface area contributed by atoms with Gasteiger partial charge in [-0.1, -0.05) is 31.2 Å². The molecule has 0 saturated heterocycles. The first-order valence-electron chi connectivity index (χ1n) is 5.71. The van der Waals surface area contributed by atoms with E-state index in [1.165, 1.54) is 31.3 Å². The third kappa shape index (κ3) is 1.28. The Morgan fingerprint density at radius 1 is 1.00 bits per heavy atom. The summed E-state index contributed by atoms with van der Waals surface area (Å²) in [7, 11) is 0. The number of hydrogen-bond donors (Lipinski definition) is 0. The van der Waals surface area contributed by atoms with Crippen molar-refractivity contribution in [2.45, 2.75) is 20.3 Å². The molecule has 1 heterocycles. The zero-order valence-electron chi connectivity index (χ0n) is 9.58. The molecular formula is C15H14S. The molecule has 0 radical (unpaired) electrons. The van der Waals surface area contributed by atoms with Crippen LogP contribution in [-0.2, 0) is 6.42 Å². The van der Waals surface area contributed by atoms with Gasteiger partial charge in [0, 0.05) is 20.2 Å². The van der Waals surface area contributed by atoms with Crippen LogP contribution in [0.25, 0.3) is 20.2 Å². The van der Waals surface area contributed by atoms with Crippen molar-refractivity contribution >= 4 is 31.5 Å². The summed E-state index contributed by atoms with van der Waals surface area (Å²) in [5.41, 5.74) is 2.92. The minimum Gasteiger partial charge on any atom is -0.135 e. The second-order valence-electron chi connectivity index (χ2n) is 4.17. The quantitative estimate of drug-likeness (QED) is 0.552. The summed E-state index contributed by atoms with van der Waals surface area (Å²) in [5, 5.41) is 2.87. The lowest BCUT2D eigenvalue weighted by atomic mass is 10.0. The predicted octanol–water partition coefficient (Wildman–Crippen LogP) is 4.93. The van der Waals surface area contributed by atoms with E-state index in [1.54, 1.807) is 0 Å². The molecular weight excluding hydrogens is 212 g/mol. The molecule has 80 valence electrons. The van der Waals surface area contributed by atoms with Crippen molar-refractivity contribution in [1.82, 2.24) is 0 Å². The van der Waals surface area contributed by atoms with Gasteiger partial charge in [-0.2, -0.15) is 0 Å². The third-order valence-electron chi connectivity index (χ3n) is 3.30. The molecule has 0 saturated carbocycles. The fourth-order valence-corrected chi connectivity index (χ4v) is 3.58. The van der Waals surface area contributed by atoms with Crippen LogP contribution in [0.4, 0.5) is 0 Å². The minimum atomic E-state index is 1.12. The van der Waals surface area contributed by atoms with Gasteiger partial charge in [-0.25, -0.2) is 0 Å². The highest BCUT2D eigenvalue weighted by molar-refractivity contribution is 7.25. The summed E-state index contributed by atoms with van der Waals surface area (Å²) < 4.78 is 2.81. The predicted molar refractivity (Wildman–Crippen MR) is 73.4 cm³/mol. The molecule has 0 amide bonds. The Morgan fingerprint density at radius 2 is 1.81 bits per heavy atom. The first-order valence-corrected chi connectivity index (χ1v) is 6.52. The van der Waals surface area contributed by atoms with Crippen LogP contribution < -0.4 is 0 Å². The Morgan fingerprint density at radius 3 is 2.62 bits per heavy atom. The van der Waals surface area contributed by atoms with Crippen molar-refractivity contribution in [2.24, 2.45) is 0 Å². The van der Waals surface area contributed by atoms with E-state index in [9.17, 15) is 0 Å². The first kappa shape index (κ1) is 9.86. The topological polar surface area (TPSA) is 0 Å². The Kier molecular flexibility index (Phi) is 2.22. The molecule has 16 heavy (non-hydrogen) atoms. The molecule has 0 aliphatic rings. The van der Waals surface area contributed by atoms with E-state index in [1.807, 2.05) is 11.3 Å². The largest absolute Gasteiger partial charge is 0.135 e. The fraction of sp³-hybridized carbons (Fsp3) is 0.200. The molecule has 3 aromatic rings. The van der Waals surface area contributed by atoms with E-state index in [2.05, 4.69) is 50.2 Å². The van der Waals surface area contributed by atoms with Gasteiger partial charge in [0.25, 0.3) is 0 Å². The van der Waals surface area contributed by atoms with E-state index >= 15 is 0 Å². The van der Waals surface area contributed by atoms with Crippen molar-refractivity contribution in [1.29, 1.82) is 0 Å². The monoisotopic (exact) mass is 226 g/mol. The lowest BCUT2D eigenvalue weighted by molar-refractivity contribution is 1.12. The van der Waals surface area contributed by atoms with Crippen LogP contribution in [0.5, 0.6) is 0 Å². The van der Waals surface area contributed by atoms with Gasteiger partial charge in [0.2, 0.25) is 0 Å². The number of thiophene rings is 1. The number of rotatable bonds is 1. The van der Waals surface area contributed by atoms with Crippen LogP contribution in [0.3, 0.4) is 0 Å². The molecule has 0 bridgehead atoms. The molecule has 3 rings (SSSR count). The summed E-state index contributed by atoms with van der Waals surface area (Å²) in [6.45, 7) is 4.48. The van der Waals surface area contributed by atoms with E-state index in [-0.39, 0.29) is 0 Å². The highest BCUT2D eigenvalue weighted by atomic mass is 32.1. The third-order valence-corrected chi connectivity index (χ3v) is 4.43. The minimum absolute atomic E-state index is 1.12. The molecule has 1 heteroatoms. The maximum absolute atomic E-state index is 2.27. The van der Waals surface area contributed by atoms with Gasteiger partial charge in [-0.3, -0.25) is 0 Å². The van der Waals surface area contributed by atoms with E-state index in [4.69, 9.17) is 0 Å². The molecule has 0 nitrogen and oxygen atoms in total. The molecule has 0 aliphatic heterocycles. The average Bonchev–Trinajstić information content (AvgIpc) is 2.68. The molecule has 0 N–H and O–H groups in total. The molecule has 0 spiro atoms. The molecule has 0 aliphatic carbocycles. The Hall–Kier alpha value is -1.34. The Bertz CT molecular complexity index is 662. The standard InChI is InChI=1S/C15H14S/c1-3-11-8-9-14-15(10(11)2)12-6-4-5-7-13(12)16-14/h4-9H,3H2,1-2H3. The highest BCUT2D eigenvalue weighted by Gasteiger charge is 2.08. The molecule has 2 aromatic carbocycles. The molecule has 0 atom stereocenters. The molecule has 0 fully saturated rings. The second-order valence-corrected chi connectivity index (χ2v) is 5.26. The van der Waals surface area contributed by atoms with Crippen molar-refractivity contribution in [2.75, 3.05) is 0 Å². The van der Waals surface area contributed by atoms with Crippen LogP contribution in [0, 0.1) is 6.92 Å². The number of hydrogen-bond acceptors (Lipinski definition) is 1. The summed E-state index contributed by atoms with van der Waals surface area (Å²) in [5.74, 6) is 0. The number of benzene rings is 2. The lowest BCUT2D eigenvalue weighted by Crippen LogP contribution is -1.85. The average molecular weight is 226 g/mol. The van der Waals surface area contributed by atoms with Crippen molar-refractivity contribution in [3.05, 3.63) is 47.5 Å². The number of aryl methyl sites for hydroxylation is 2. The summed E-state index contributed by atoms with van der Waals surface area (Å²) >= 11 is 1.90. The van der Waals surface area contributed by atoms with E-state index < -0.39 is 0 Å². The summed E-state index contributed by atoms with van der Waals surface area (Å²) in [6, 6.07) is 13.2. The van der Waals surface area contributed by atoms with E-state index in [0.29, 0.717) is 0 Å². The van der Waals surface area contributed by atoms with Gasteiger partial charge in [0.05, 0.1) is 0 Å². The van der Waals surface area contributed by atoms with Gasteiger partial charge in [-0.15, -0.1) is 11.3 Å². The lowest BCUT2D eigenvalue weighted by Gasteiger charge is -2.04. The van der Waals surface area contributed by atoms with Crippen molar-refractivity contribution < 1.29 is 0 Å². The van der Waals surface area contributed by atoms with Gasteiger partial charge in [0.1, 0.15) is 0 Å². The van der Waals surface area contributed by atoms with Gasteiger partial charge in [-0.05, 0) is 36.6 Å². The smallest absolute Gasteiger partial charge is 0.0358 e. The van der Waals surface area contributed by atoms with E-state index in [0.717, 1.165) is 6.42 Å². The number of fused-ring (bicyclic) bond motifs is 3. The van der Waals surface area contributed by atoms with Crippen LogP contribution in [-0.4, -0.2) is 0 Å². The van der Waals surface area contributed by atoms with Crippen LogP contribution in [0.1, 0.15) is 18.1 Å². The maximum Gasteiger partial charge on any atom is 0.0358 e. The Labute approximate surface area is 99.5 Å². The van der Waals surface area contributed by atoms with Crippen LogP contribution >= 0.6 is 11.3 Å². The molecule has 0 unspecified atom stereocenters. The Balaban J connectivity index is 2.53. The normalized spacial score (nSPS) is 11.4. The van der Waals surface area contributed by atoms with Gasteiger partial charge >= 0.3 is 0 Å². The second kappa shape index (κ2) is 3.60. The SMILES string of the molecule is CCc1ccc2sc3ccccc3c2c1C. The van der Waals surface area contributed by atoms with Crippen molar-refractivity contribution in [3.8, 4) is 0 Å². The summed E-state index contributed by atoms with van der Waals surface area (Å²) in [4.78, 5) is 0. The highest BCUT2D eigenvalue weighted by Crippen LogP contribution is 2.36. The van der Waals surface area contributed by atoms with Crippen LogP contribution in [0.15, 0.2) is 36.4 Å². The van der Waals surface area contributed by atoms with Crippen LogP contribution in [0.2, 0.25) is 0 Å². The fourth-order valence-electron chi connectivity index (χ4n) is 2.41. The zero-order chi connectivity index (χ0) is 11.1. The van der Waals surface area contributed by atoms with Crippen molar-refractivity contribution in [3.63, 3.8) is 0 Å². The van der Waals surface area contributed by atoms with Gasteiger partial charge in [0.15, 0.2) is 0 Å². The maximum atomic E-state index is 2.27. The summed E-state index contributed by atoms with van der Waals surface area (Å²) in [6.07, 6.45) is 1.12.